The van der Waals surface area contributed by atoms with E-state index in [0.29, 0.717) is 12.1 Å². The largest absolute Gasteiger partial charge is 0.322 e. The summed E-state index contributed by atoms with van der Waals surface area (Å²) in [5.74, 6) is -0.449. The SMILES string of the molecule is CC(C)(C)c1ccccc1NC(=O)c1ccnc(C(=O)N2CCc3ccccc32)c1. The molecule has 0 aliphatic carbocycles. The summed E-state index contributed by atoms with van der Waals surface area (Å²) < 4.78 is 0. The summed E-state index contributed by atoms with van der Waals surface area (Å²) in [5.41, 5.74) is 4.46. The van der Waals surface area contributed by atoms with Crippen molar-refractivity contribution in [1.29, 1.82) is 0 Å². The molecule has 4 rings (SSSR count). The number of fused-ring (bicyclic) bond motifs is 1. The van der Waals surface area contributed by atoms with Crippen LogP contribution in [0.15, 0.2) is 66.9 Å². The Morgan fingerprint density at radius 2 is 1.73 bits per heavy atom. The summed E-state index contributed by atoms with van der Waals surface area (Å²) in [5, 5.41) is 2.99. The van der Waals surface area contributed by atoms with Crippen molar-refractivity contribution in [1.82, 2.24) is 4.98 Å². The number of nitrogens with zero attached hydrogens (tertiary/aromatic N) is 2. The van der Waals surface area contributed by atoms with Gasteiger partial charge in [-0.25, -0.2) is 0 Å². The smallest absolute Gasteiger partial charge is 0.276 e. The van der Waals surface area contributed by atoms with Gasteiger partial charge in [-0.3, -0.25) is 14.6 Å². The third kappa shape index (κ3) is 3.83. The second-order valence-corrected chi connectivity index (χ2v) is 8.51. The molecule has 0 spiro atoms. The molecule has 0 radical (unpaired) electrons. The highest BCUT2D eigenvalue weighted by Crippen LogP contribution is 2.30. The average Bonchev–Trinajstić information content (AvgIpc) is 3.17. The van der Waals surface area contributed by atoms with Crippen molar-refractivity contribution < 1.29 is 9.59 Å². The lowest BCUT2D eigenvalue weighted by Gasteiger charge is -2.23. The molecule has 30 heavy (non-hydrogen) atoms. The van der Waals surface area contributed by atoms with Crippen LogP contribution in [-0.4, -0.2) is 23.3 Å². The third-order valence-corrected chi connectivity index (χ3v) is 5.36. The molecule has 152 valence electrons. The lowest BCUT2D eigenvalue weighted by molar-refractivity contribution is 0.0984. The van der Waals surface area contributed by atoms with E-state index in [9.17, 15) is 9.59 Å². The van der Waals surface area contributed by atoms with Gasteiger partial charge in [0.15, 0.2) is 0 Å². The summed E-state index contributed by atoms with van der Waals surface area (Å²) in [7, 11) is 0. The molecule has 3 aromatic rings. The number of aromatic nitrogens is 1. The van der Waals surface area contributed by atoms with Crippen LogP contribution in [0.3, 0.4) is 0 Å². The molecule has 0 atom stereocenters. The molecule has 1 N–H and O–H groups in total. The minimum Gasteiger partial charge on any atom is -0.322 e. The van der Waals surface area contributed by atoms with Crippen molar-refractivity contribution in [2.24, 2.45) is 0 Å². The Labute approximate surface area is 176 Å². The van der Waals surface area contributed by atoms with E-state index >= 15 is 0 Å². The van der Waals surface area contributed by atoms with Crippen LogP contribution in [0.2, 0.25) is 0 Å². The topological polar surface area (TPSA) is 62.3 Å². The first-order chi connectivity index (χ1) is 14.3. The van der Waals surface area contributed by atoms with Crippen molar-refractivity contribution >= 4 is 23.2 Å². The van der Waals surface area contributed by atoms with Crippen molar-refractivity contribution in [3.8, 4) is 0 Å². The van der Waals surface area contributed by atoms with E-state index in [0.717, 1.165) is 28.9 Å². The molecule has 2 amide bonds. The zero-order chi connectivity index (χ0) is 21.3. The predicted molar refractivity (Wildman–Crippen MR) is 119 cm³/mol. The highest BCUT2D eigenvalue weighted by atomic mass is 16.2. The maximum absolute atomic E-state index is 13.1. The monoisotopic (exact) mass is 399 g/mol. The molecule has 0 saturated heterocycles. The molecule has 0 fully saturated rings. The maximum atomic E-state index is 13.1. The lowest BCUT2D eigenvalue weighted by Crippen LogP contribution is -2.30. The second kappa shape index (κ2) is 7.75. The molecule has 2 heterocycles. The van der Waals surface area contributed by atoms with E-state index in [-0.39, 0.29) is 22.9 Å². The number of benzene rings is 2. The third-order valence-electron chi connectivity index (χ3n) is 5.36. The van der Waals surface area contributed by atoms with Crippen molar-refractivity contribution in [2.45, 2.75) is 32.6 Å². The van der Waals surface area contributed by atoms with Crippen LogP contribution >= 0.6 is 0 Å². The molecule has 0 bridgehead atoms. The quantitative estimate of drug-likeness (QED) is 0.686. The van der Waals surface area contributed by atoms with Crippen molar-refractivity contribution in [3.05, 3.63) is 89.2 Å². The first-order valence-electron chi connectivity index (χ1n) is 10.1. The van der Waals surface area contributed by atoms with Gasteiger partial charge < -0.3 is 10.2 Å². The standard InChI is InChI=1S/C25H25N3O2/c1-25(2,3)19-9-5-6-10-20(19)27-23(29)18-12-14-26-21(16-18)24(30)28-15-13-17-8-4-7-11-22(17)28/h4-12,14,16H,13,15H2,1-3H3,(H,27,29). The van der Waals surface area contributed by atoms with E-state index < -0.39 is 0 Å². The minimum absolute atomic E-state index is 0.105. The Balaban J connectivity index is 1.57. The predicted octanol–water partition coefficient (Wildman–Crippen LogP) is 4.83. The summed E-state index contributed by atoms with van der Waals surface area (Å²) in [6.07, 6.45) is 2.34. The number of amides is 2. The van der Waals surface area contributed by atoms with Crippen LogP contribution in [0, 0.1) is 0 Å². The van der Waals surface area contributed by atoms with Gasteiger partial charge in [-0.05, 0) is 47.2 Å². The lowest BCUT2D eigenvalue weighted by atomic mass is 9.86. The first-order valence-corrected chi connectivity index (χ1v) is 10.1. The van der Waals surface area contributed by atoms with E-state index in [1.807, 2.05) is 48.5 Å². The fourth-order valence-electron chi connectivity index (χ4n) is 3.82. The van der Waals surface area contributed by atoms with Crippen LogP contribution in [0.1, 0.15) is 52.7 Å². The van der Waals surface area contributed by atoms with Crippen LogP contribution in [0.25, 0.3) is 0 Å². The van der Waals surface area contributed by atoms with Crippen molar-refractivity contribution in [2.75, 3.05) is 16.8 Å². The number of carbonyl (C=O) groups is 2. The summed E-state index contributed by atoms with van der Waals surface area (Å²) >= 11 is 0. The first kappa shape index (κ1) is 19.8. The number of carbonyl (C=O) groups excluding carboxylic acids is 2. The molecule has 1 aromatic heterocycles. The normalized spacial score (nSPS) is 13.1. The Bertz CT molecular complexity index is 1120. The molecule has 1 aliphatic heterocycles. The van der Waals surface area contributed by atoms with Gasteiger partial charge in [0.2, 0.25) is 0 Å². The zero-order valence-corrected chi connectivity index (χ0v) is 17.5. The highest BCUT2D eigenvalue weighted by Gasteiger charge is 2.26. The molecular weight excluding hydrogens is 374 g/mol. The van der Waals surface area contributed by atoms with Gasteiger partial charge in [0, 0.05) is 29.7 Å². The van der Waals surface area contributed by atoms with E-state index in [2.05, 4.69) is 31.1 Å². The number of rotatable bonds is 3. The molecule has 1 aliphatic rings. The van der Waals surface area contributed by atoms with Crippen molar-refractivity contribution in [3.63, 3.8) is 0 Å². The number of nitrogens with one attached hydrogen (secondary N) is 1. The van der Waals surface area contributed by atoms with E-state index in [4.69, 9.17) is 0 Å². The molecule has 5 nitrogen and oxygen atoms in total. The van der Waals surface area contributed by atoms with Gasteiger partial charge in [-0.1, -0.05) is 57.2 Å². The molecule has 2 aromatic carbocycles. The van der Waals surface area contributed by atoms with Gasteiger partial charge in [0.05, 0.1) is 0 Å². The van der Waals surface area contributed by atoms with E-state index in [1.165, 1.54) is 6.20 Å². The van der Waals surface area contributed by atoms with Gasteiger partial charge in [-0.2, -0.15) is 0 Å². The van der Waals surface area contributed by atoms with Gasteiger partial charge in [0.1, 0.15) is 5.69 Å². The Morgan fingerprint density at radius 1 is 1.00 bits per heavy atom. The maximum Gasteiger partial charge on any atom is 0.276 e. The van der Waals surface area contributed by atoms with Crippen LogP contribution in [0.4, 0.5) is 11.4 Å². The fraction of sp³-hybridized carbons (Fsp3) is 0.240. The number of hydrogen-bond donors (Lipinski definition) is 1. The average molecular weight is 399 g/mol. The minimum atomic E-state index is -0.259. The van der Waals surface area contributed by atoms with Crippen LogP contribution in [-0.2, 0) is 11.8 Å². The summed E-state index contributed by atoms with van der Waals surface area (Å²) in [4.78, 5) is 31.9. The Hall–Kier alpha value is -3.47. The number of hydrogen-bond acceptors (Lipinski definition) is 3. The second-order valence-electron chi connectivity index (χ2n) is 8.51. The van der Waals surface area contributed by atoms with Crippen LogP contribution in [0.5, 0.6) is 0 Å². The molecular formula is C25H25N3O2. The zero-order valence-electron chi connectivity index (χ0n) is 17.5. The van der Waals surface area contributed by atoms with Crippen LogP contribution < -0.4 is 10.2 Å². The fourth-order valence-corrected chi connectivity index (χ4v) is 3.82. The number of pyridine rings is 1. The number of anilines is 2. The summed E-state index contributed by atoms with van der Waals surface area (Å²) in [6, 6.07) is 18.9. The summed E-state index contributed by atoms with van der Waals surface area (Å²) in [6.45, 7) is 6.94. The van der Waals surface area contributed by atoms with Gasteiger partial charge in [-0.15, -0.1) is 0 Å². The van der Waals surface area contributed by atoms with Gasteiger partial charge >= 0.3 is 0 Å². The number of para-hydroxylation sites is 2. The van der Waals surface area contributed by atoms with Gasteiger partial charge in [0.25, 0.3) is 11.8 Å². The van der Waals surface area contributed by atoms with E-state index in [1.54, 1.807) is 17.0 Å². The molecule has 0 unspecified atom stereocenters. The molecule has 0 saturated carbocycles. The Kier molecular flexibility index (Phi) is 5.12. The Morgan fingerprint density at radius 3 is 2.53 bits per heavy atom. The molecule has 5 heteroatoms. The highest BCUT2D eigenvalue weighted by molar-refractivity contribution is 6.09.